The first-order valence-electron chi connectivity index (χ1n) is 1.37. The zero-order valence-corrected chi connectivity index (χ0v) is 6.63. The van der Waals surface area contributed by atoms with E-state index in [1.165, 1.54) is 0 Å². The molecule has 0 bridgehead atoms. The third-order valence-corrected chi connectivity index (χ3v) is 0.548. The van der Waals surface area contributed by atoms with Gasteiger partial charge in [0.25, 0.3) is 0 Å². The summed E-state index contributed by atoms with van der Waals surface area (Å²) in [6.07, 6.45) is 1.06. The molecule has 0 aromatic rings. The molecule has 5 heavy (non-hydrogen) atoms. The summed E-state index contributed by atoms with van der Waals surface area (Å²) in [4.78, 5) is 0. The quantitative estimate of drug-likeness (QED) is 0.230. The maximum absolute atomic E-state index is 3.80. The van der Waals surface area contributed by atoms with Gasteiger partial charge in [-0.15, -0.1) is 0 Å². The van der Waals surface area contributed by atoms with Crippen molar-refractivity contribution in [3.05, 3.63) is 5.75 Å². The fraction of sp³-hybridized carbons (Fsp3) is 0.667. The van der Waals surface area contributed by atoms with Gasteiger partial charge >= 0.3 is 29.6 Å². The summed E-state index contributed by atoms with van der Waals surface area (Å²) < 4.78 is 0. The molecule has 0 amide bonds. The summed E-state index contributed by atoms with van der Waals surface area (Å²) in [6, 6.07) is 0. The minimum absolute atomic E-state index is 0. The monoisotopic (exact) mass is 98.0 g/mol. The van der Waals surface area contributed by atoms with Gasteiger partial charge in [-0.3, -0.25) is 5.75 Å². The third kappa shape index (κ3) is 10.9. The molecule has 0 aromatic heterocycles. The van der Waals surface area contributed by atoms with Crippen LogP contribution in [0.3, 0.4) is 0 Å². The van der Waals surface area contributed by atoms with Crippen molar-refractivity contribution in [3.8, 4) is 0 Å². The molecule has 26 valence electrons. The minimum atomic E-state index is 0. The summed E-state index contributed by atoms with van der Waals surface area (Å²) in [5, 5.41) is 0. The van der Waals surface area contributed by atoms with Crippen LogP contribution in [0.4, 0.5) is 0 Å². The molecule has 0 unspecified atom stereocenters. The van der Waals surface area contributed by atoms with Crippen molar-refractivity contribution in [2.45, 2.75) is 13.3 Å². The van der Waals surface area contributed by atoms with Gasteiger partial charge in [0, 0.05) is 0 Å². The Kier molecular flexibility index (Phi) is 17.3. The molecule has 0 saturated heterocycles. The molecule has 0 heterocycles. The Morgan fingerprint density at radius 2 is 2.00 bits per heavy atom. The van der Waals surface area contributed by atoms with E-state index >= 15 is 0 Å². The molecule has 0 rings (SSSR count). The van der Waals surface area contributed by atoms with Crippen molar-refractivity contribution < 1.29 is 29.6 Å². The first-order valence-corrected chi connectivity index (χ1v) is 1.89. The van der Waals surface area contributed by atoms with E-state index in [4.69, 9.17) is 0 Å². The predicted molar refractivity (Wildman–Crippen MR) is 23.6 cm³/mol. The van der Waals surface area contributed by atoms with E-state index < -0.39 is 0 Å². The van der Waals surface area contributed by atoms with Crippen molar-refractivity contribution in [1.29, 1.82) is 0 Å². The zero-order chi connectivity index (χ0) is 3.41. The van der Waals surface area contributed by atoms with Crippen molar-refractivity contribution in [1.82, 2.24) is 0 Å². The van der Waals surface area contributed by atoms with Crippen LogP contribution >= 0.6 is 12.6 Å². The van der Waals surface area contributed by atoms with Gasteiger partial charge in [-0.2, -0.15) is 6.42 Å². The van der Waals surface area contributed by atoms with Crippen LogP contribution in [0.25, 0.3) is 0 Å². The first kappa shape index (κ1) is 9.61. The molecule has 0 aliphatic rings. The molecule has 0 aromatic carbocycles. The summed E-state index contributed by atoms with van der Waals surface area (Å²) >= 11 is 3.80. The Bertz CT molecular complexity index is 8.85. The third-order valence-electron chi connectivity index (χ3n) is 0.183. The Morgan fingerprint density at radius 3 is 2.00 bits per heavy atom. The Morgan fingerprint density at radius 1 is 1.80 bits per heavy atom. The molecule has 0 aliphatic carbocycles. The van der Waals surface area contributed by atoms with E-state index in [1.807, 2.05) is 12.7 Å². The van der Waals surface area contributed by atoms with Gasteiger partial charge in [-0.1, -0.05) is 6.92 Å². The number of hydrogen-bond acceptors (Lipinski definition) is 1. The van der Waals surface area contributed by atoms with E-state index in [0.717, 1.165) is 6.42 Å². The molecule has 0 nitrogen and oxygen atoms in total. The molecular formula is C3H7NaS. The maximum atomic E-state index is 3.80. The van der Waals surface area contributed by atoms with E-state index in [9.17, 15) is 0 Å². The number of hydrogen-bond donors (Lipinski definition) is 1. The number of rotatable bonds is 1. The van der Waals surface area contributed by atoms with Gasteiger partial charge in [0.1, 0.15) is 0 Å². The van der Waals surface area contributed by atoms with E-state index in [2.05, 4.69) is 12.6 Å². The fourth-order valence-corrected chi connectivity index (χ4v) is 0. The van der Waals surface area contributed by atoms with Crippen LogP contribution in [0, 0.1) is 5.75 Å². The average molecular weight is 98.1 g/mol. The zero-order valence-electron chi connectivity index (χ0n) is 3.73. The van der Waals surface area contributed by atoms with E-state index in [0.29, 0.717) is 0 Å². The van der Waals surface area contributed by atoms with Crippen molar-refractivity contribution in [2.24, 2.45) is 0 Å². The Balaban J connectivity index is 0. The molecule has 0 saturated carbocycles. The van der Waals surface area contributed by atoms with Gasteiger partial charge in [0.05, 0.1) is 0 Å². The largest absolute Gasteiger partial charge is 1.00 e. The first-order chi connectivity index (χ1) is 1.91. The average Bonchev–Trinajstić information content (AvgIpc) is 1.37. The van der Waals surface area contributed by atoms with Crippen LogP contribution in [0.5, 0.6) is 0 Å². The Labute approximate surface area is 61.0 Å². The maximum Gasteiger partial charge on any atom is 1.00 e. The predicted octanol–water partition coefficient (Wildman–Crippen LogP) is -1.51. The van der Waals surface area contributed by atoms with Gasteiger partial charge < -0.3 is 12.6 Å². The Hall–Kier alpha value is 1.35. The second kappa shape index (κ2) is 9.02. The van der Waals surface area contributed by atoms with E-state index in [-0.39, 0.29) is 29.6 Å². The molecule has 0 radical (unpaired) electrons. The molecular weight excluding hydrogens is 91.1 g/mol. The number of thiol groups is 1. The normalized spacial score (nSPS) is 6.00. The smallest absolute Gasteiger partial charge is 0.369 e. The molecule has 0 spiro atoms. The molecule has 0 aliphatic heterocycles. The van der Waals surface area contributed by atoms with Crippen molar-refractivity contribution in [2.75, 3.05) is 0 Å². The fourth-order valence-electron chi connectivity index (χ4n) is 0. The van der Waals surface area contributed by atoms with Gasteiger partial charge in [0.2, 0.25) is 0 Å². The summed E-state index contributed by atoms with van der Waals surface area (Å²) in [6.45, 7) is 2.05. The van der Waals surface area contributed by atoms with Crippen LogP contribution in [-0.2, 0) is 0 Å². The van der Waals surface area contributed by atoms with Crippen LogP contribution < -0.4 is 29.6 Å². The standard InChI is InChI=1S/C3H7S.Na/c1-2-3-4;/h3-4H,2H2,1H3;/q-1;+1. The summed E-state index contributed by atoms with van der Waals surface area (Å²) in [7, 11) is 0. The second-order valence-corrected chi connectivity index (χ2v) is 0.956. The van der Waals surface area contributed by atoms with Crippen molar-refractivity contribution in [3.63, 3.8) is 0 Å². The molecule has 0 fully saturated rings. The SMILES string of the molecule is CC[CH-]S.[Na+]. The second-order valence-electron chi connectivity index (χ2n) is 0.591. The molecule has 0 N–H and O–H groups in total. The summed E-state index contributed by atoms with van der Waals surface area (Å²) in [5.41, 5.74) is 0. The topological polar surface area (TPSA) is 0 Å². The minimum Gasteiger partial charge on any atom is -0.369 e. The van der Waals surface area contributed by atoms with Gasteiger partial charge in [-0.05, 0) is 0 Å². The van der Waals surface area contributed by atoms with Crippen LogP contribution in [-0.4, -0.2) is 0 Å². The molecule has 0 atom stereocenters. The van der Waals surface area contributed by atoms with Crippen LogP contribution in [0.15, 0.2) is 0 Å². The van der Waals surface area contributed by atoms with Gasteiger partial charge in [-0.25, -0.2) is 0 Å². The summed E-state index contributed by atoms with van der Waals surface area (Å²) in [5.74, 6) is 1.82. The van der Waals surface area contributed by atoms with E-state index in [1.54, 1.807) is 0 Å². The molecule has 2 heteroatoms. The van der Waals surface area contributed by atoms with Crippen molar-refractivity contribution >= 4 is 12.6 Å². The van der Waals surface area contributed by atoms with Crippen LogP contribution in [0.2, 0.25) is 0 Å². The van der Waals surface area contributed by atoms with Crippen LogP contribution in [0.1, 0.15) is 13.3 Å². The van der Waals surface area contributed by atoms with Gasteiger partial charge in [0.15, 0.2) is 0 Å².